The molecule has 2 aromatic heterocycles. The van der Waals surface area contributed by atoms with E-state index in [1.54, 1.807) is 6.07 Å². The van der Waals surface area contributed by atoms with Crippen molar-refractivity contribution in [2.45, 2.75) is 33.1 Å². The van der Waals surface area contributed by atoms with Gasteiger partial charge in [-0.1, -0.05) is 36.2 Å². The molecule has 3 aromatic rings. The molecular weight excluding hydrogens is 367 g/mol. The van der Waals surface area contributed by atoms with Gasteiger partial charge in [0, 0.05) is 41.0 Å². The van der Waals surface area contributed by atoms with Crippen molar-refractivity contribution in [3.05, 3.63) is 46.2 Å². The van der Waals surface area contributed by atoms with E-state index in [0.29, 0.717) is 10.0 Å². The fraction of sp³-hybridized carbons (Fsp3) is 0.400. The van der Waals surface area contributed by atoms with Crippen LogP contribution in [0.3, 0.4) is 0 Å². The summed E-state index contributed by atoms with van der Waals surface area (Å²) < 4.78 is 1.95. The lowest BCUT2D eigenvalue weighted by molar-refractivity contribution is 0.684. The Bertz CT molecular complexity index is 946. The molecule has 1 saturated carbocycles. The standard InChI is InChI=1S/C20H22Cl2N4/c1-3-8-25(12-14-4-5-14)19-9-13(2)24-20-17(11-23-26(19)20)16-7-6-15(21)10-18(16)22/h6-7,9-11,14H,3-5,8,12H2,1-2H3. The number of aromatic nitrogens is 3. The molecule has 0 bridgehead atoms. The topological polar surface area (TPSA) is 33.4 Å². The van der Waals surface area contributed by atoms with Gasteiger partial charge in [-0.05, 0) is 44.2 Å². The van der Waals surface area contributed by atoms with Crippen LogP contribution in [0.25, 0.3) is 16.8 Å². The normalized spacial score (nSPS) is 14.2. The van der Waals surface area contributed by atoms with E-state index in [4.69, 9.17) is 28.2 Å². The van der Waals surface area contributed by atoms with Gasteiger partial charge < -0.3 is 4.90 Å². The van der Waals surface area contributed by atoms with E-state index in [1.165, 1.54) is 12.8 Å². The van der Waals surface area contributed by atoms with E-state index in [-0.39, 0.29) is 0 Å². The number of nitrogens with zero attached hydrogens (tertiary/aromatic N) is 4. The second-order valence-electron chi connectivity index (χ2n) is 7.06. The van der Waals surface area contributed by atoms with Crippen LogP contribution in [-0.4, -0.2) is 27.7 Å². The molecule has 6 heteroatoms. The van der Waals surface area contributed by atoms with E-state index < -0.39 is 0 Å². The maximum Gasteiger partial charge on any atom is 0.165 e. The van der Waals surface area contributed by atoms with Gasteiger partial charge in [0.2, 0.25) is 0 Å². The predicted molar refractivity (Wildman–Crippen MR) is 108 cm³/mol. The number of hydrogen-bond donors (Lipinski definition) is 0. The maximum absolute atomic E-state index is 6.43. The van der Waals surface area contributed by atoms with E-state index in [1.807, 2.05) is 29.8 Å². The molecule has 0 aliphatic heterocycles. The Balaban J connectivity index is 1.84. The van der Waals surface area contributed by atoms with Crippen LogP contribution in [0.2, 0.25) is 10.0 Å². The third kappa shape index (κ3) is 3.40. The van der Waals surface area contributed by atoms with E-state index in [9.17, 15) is 0 Å². The van der Waals surface area contributed by atoms with E-state index >= 15 is 0 Å². The molecule has 1 aliphatic carbocycles. The summed E-state index contributed by atoms with van der Waals surface area (Å²) in [6.45, 7) is 6.35. The second-order valence-corrected chi connectivity index (χ2v) is 7.91. The van der Waals surface area contributed by atoms with Crippen molar-refractivity contribution in [3.8, 4) is 11.1 Å². The molecule has 0 saturated heterocycles. The van der Waals surface area contributed by atoms with Gasteiger partial charge in [0.15, 0.2) is 5.65 Å². The van der Waals surface area contributed by atoms with Crippen LogP contribution in [0.15, 0.2) is 30.5 Å². The Kier molecular flexibility index (Phi) is 4.80. The quantitative estimate of drug-likeness (QED) is 0.547. The van der Waals surface area contributed by atoms with Crippen LogP contribution >= 0.6 is 23.2 Å². The molecule has 1 aromatic carbocycles. The molecule has 4 nitrogen and oxygen atoms in total. The van der Waals surface area contributed by atoms with Crippen LogP contribution < -0.4 is 4.90 Å². The lowest BCUT2D eigenvalue weighted by atomic mass is 10.1. The van der Waals surface area contributed by atoms with Crippen LogP contribution in [0.5, 0.6) is 0 Å². The smallest absolute Gasteiger partial charge is 0.165 e. The third-order valence-electron chi connectivity index (χ3n) is 4.80. The summed E-state index contributed by atoms with van der Waals surface area (Å²) in [5.74, 6) is 1.92. The molecule has 2 heterocycles. The van der Waals surface area contributed by atoms with Crippen LogP contribution in [0.4, 0.5) is 5.82 Å². The van der Waals surface area contributed by atoms with Crippen molar-refractivity contribution in [1.82, 2.24) is 14.6 Å². The summed E-state index contributed by atoms with van der Waals surface area (Å²) in [5, 5.41) is 5.89. The summed E-state index contributed by atoms with van der Waals surface area (Å²) >= 11 is 12.5. The van der Waals surface area contributed by atoms with E-state index in [2.05, 4.69) is 23.0 Å². The Morgan fingerprint density at radius 2 is 2.00 bits per heavy atom. The molecule has 0 unspecified atom stereocenters. The highest BCUT2D eigenvalue weighted by Gasteiger charge is 2.26. The molecule has 0 radical (unpaired) electrons. The maximum atomic E-state index is 6.43. The first-order valence-electron chi connectivity index (χ1n) is 9.12. The number of fused-ring (bicyclic) bond motifs is 1. The van der Waals surface area contributed by atoms with Crippen molar-refractivity contribution < 1.29 is 0 Å². The molecule has 1 fully saturated rings. The zero-order chi connectivity index (χ0) is 18.3. The number of rotatable bonds is 6. The highest BCUT2D eigenvalue weighted by atomic mass is 35.5. The Hall–Kier alpha value is -1.78. The third-order valence-corrected chi connectivity index (χ3v) is 5.34. The number of anilines is 1. The monoisotopic (exact) mass is 388 g/mol. The second kappa shape index (κ2) is 7.09. The van der Waals surface area contributed by atoms with Gasteiger partial charge in [0.1, 0.15) is 5.82 Å². The minimum absolute atomic E-state index is 0.612. The zero-order valence-corrected chi connectivity index (χ0v) is 16.6. The molecule has 0 amide bonds. The molecule has 136 valence electrons. The van der Waals surface area contributed by atoms with E-state index in [0.717, 1.165) is 53.7 Å². The number of aryl methyl sites for hydroxylation is 1. The molecule has 0 spiro atoms. The van der Waals surface area contributed by atoms with Crippen molar-refractivity contribution in [1.29, 1.82) is 0 Å². The molecule has 0 N–H and O–H groups in total. The summed E-state index contributed by atoms with van der Waals surface area (Å²) in [6.07, 6.45) is 5.62. The Morgan fingerprint density at radius 3 is 2.69 bits per heavy atom. The van der Waals surface area contributed by atoms with Crippen molar-refractivity contribution in [2.75, 3.05) is 18.0 Å². The first-order valence-corrected chi connectivity index (χ1v) is 9.88. The van der Waals surface area contributed by atoms with Gasteiger partial charge in [-0.25, -0.2) is 4.98 Å². The summed E-state index contributed by atoms with van der Waals surface area (Å²) in [4.78, 5) is 7.20. The summed E-state index contributed by atoms with van der Waals surface area (Å²) in [6, 6.07) is 7.67. The van der Waals surface area contributed by atoms with Gasteiger partial charge in [-0.3, -0.25) is 0 Å². The van der Waals surface area contributed by atoms with Crippen LogP contribution in [-0.2, 0) is 0 Å². The van der Waals surface area contributed by atoms with Gasteiger partial charge in [0.05, 0.1) is 11.2 Å². The fourth-order valence-corrected chi connectivity index (χ4v) is 3.88. The predicted octanol–water partition coefficient (Wildman–Crippen LogP) is 5.64. The van der Waals surface area contributed by atoms with Gasteiger partial charge in [0.25, 0.3) is 0 Å². The van der Waals surface area contributed by atoms with Gasteiger partial charge >= 0.3 is 0 Å². The SMILES string of the molecule is CCCN(CC1CC1)c1cc(C)nc2c(-c3ccc(Cl)cc3Cl)cnn12. The first kappa shape index (κ1) is 17.6. The lowest BCUT2D eigenvalue weighted by Gasteiger charge is -2.25. The largest absolute Gasteiger partial charge is 0.356 e. The highest BCUT2D eigenvalue weighted by molar-refractivity contribution is 6.36. The molecule has 4 rings (SSSR count). The Labute approximate surface area is 163 Å². The molecule has 26 heavy (non-hydrogen) atoms. The number of halogens is 2. The average Bonchev–Trinajstić information content (AvgIpc) is 3.32. The zero-order valence-electron chi connectivity index (χ0n) is 15.0. The van der Waals surface area contributed by atoms with Crippen molar-refractivity contribution in [2.24, 2.45) is 5.92 Å². The Morgan fingerprint density at radius 1 is 1.19 bits per heavy atom. The lowest BCUT2D eigenvalue weighted by Crippen LogP contribution is -2.29. The minimum atomic E-state index is 0.612. The highest BCUT2D eigenvalue weighted by Crippen LogP contribution is 2.35. The first-order chi connectivity index (χ1) is 12.6. The summed E-state index contributed by atoms with van der Waals surface area (Å²) in [5.41, 5.74) is 3.65. The molecular formula is C20H22Cl2N4. The number of hydrogen-bond acceptors (Lipinski definition) is 3. The van der Waals surface area contributed by atoms with Gasteiger partial charge in [-0.15, -0.1) is 0 Å². The average molecular weight is 389 g/mol. The molecule has 0 atom stereocenters. The van der Waals surface area contributed by atoms with Crippen LogP contribution in [0, 0.1) is 12.8 Å². The fourth-order valence-electron chi connectivity index (χ4n) is 3.37. The minimum Gasteiger partial charge on any atom is -0.356 e. The van der Waals surface area contributed by atoms with Crippen molar-refractivity contribution in [3.63, 3.8) is 0 Å². The van der Waals surface area contributed by atoms with Gasteiger partial charge in [-0.2, -0.15) is 9.61 Å². The molecule has 1 aliphatic rings. The van der Waals surface area contributed by atoms with Crippen molar-refractivity contribution >= 4 is 34.7 Å². The summed E-state index contributed by atoms with van der Waals surface area (Å²) in [7, 11) is 0. The number of benzene rings is 1. The van der Waals surface area contributed by atoms with Crippen LogP contribution in [0.1, 0.15) is 31.9 Å².